The first-order valence-electron chi connectivity index (χ1n) is 7.09. The van der Waals surface area contributed by atoms with Gasteiger partial charge in [0.25, 0.3) is 0 Å². The summed E-state index contributed by atoms with van der Waals surface area (Å²) in [6, 6.07) is 14.5. The van der Waals surface area contributed by atoms with Crippen LogP contribution in [0, 0.1) is 18.8 Å². The highest BCUT2D eigenvalue weighted by molar-refractivity contribution is 6.19. The minimum absolute atomic E-state index is 0.325. The summed E-state index contributed by atoms with van der Waals surface area (Å²) >= 11 is 5.63. The van der Waals surface area contributed by atoms with Gasteiger partial charge in [-0.05, 0) is 42.2 Å². The second-order valence-corrected chi connectivity index (χ2v) is 5.16. The van der Waals surface area contributed by atoms with Crippen molar-refractivity contribution in [2.75, 3.05) is 5.88 Å². The Balaban J connectivity index is 2.11. The SMILES string of the molecule is CCc1ccc(COc2ccc(C)cc2C#CCCl)cc1. The van der Waals surface area contributed by atoms with Gasteiger partial charge < -0.3 is 4.74 Å². The summed E-state index contributed by atoms with van der Waals surface area (Å²) in [5, 5.41) is 0. The van der Waals surface area contributed by atoms with Crippen molar-refractivity contribution in [1.29, 1.82) is 0 Å². The Morgan fingerprint density at radius 2 is 1.76 bits per heavy atom. The molecule has 0 heterocycles. The molecule has 0 aliphatic heterocycles. The van der Waals surface area contributed by atoms with E-state index in [1.807, 2.05) is 25.1 Å². The summed E-state index contributed by atoms with van der Waals surface area (Å²) in [5.41, 5.74) is 4.54. The Morgan fingerprint density at radius 1 is 1.05 bits per heavy atom. The monoisotopic (exact) mass is 298 g/mol. The smallest absolute Gasteiger partial charge is 0.135 e. The number of hydrogen-bond acceptors (Lipinski definition) is 1. The van der Waals surface area contributed by atoms with Crippen LogP contribution in [0.15, 0.2) is 42.5 Å². The fourth-order valence-corrected chi connectivity index (χ4v) is 2.10. The first kappa shape index (κ1) is 15.5. The molecule has 0 fully saturated rings. The molecule has 0 bridgehead atoms. The van der Waals surface area contributed by atoms with E-state index in [-0.39, 0.29) is 0 Å². The van der Waals surface area contributed by atoms with Crippen LogP contribution in [-0.2, 0) is 13.0 Å². The largest absolute Gasteiger partial charge is 0.488 e. The zero-order chi connectivity index (χ0) is 15.1. The number of ether oxygens (including phenoxy) is 1. The van der Waals surface area contributed by atoms with Gasteiger partial charge in [0.2, 0.25) is 0 Å². The fourth-order valence-electron chi connectivity index (χ4n) is 2.03. The van der Waals surface area contributed by atoms with Crippen molar-refractivity contribution < 1.29 is 4.74 Å². The van der Waals surface area contributed by atoms with Crippen LogP contribution in [0.1, 0.15) is 29.2 Å². The maximum Gasteiger partial charge on any atom is 0.135 e. The maximum absolute atomic E-state index is 5.90. The number of halogens is 1. The summed E-state index contributed by atoms with van der Waals surface area (Å²) < 4.78 is 5.90. The van der Waals surface area contributed by atoms with Crippen molar-refractivity contribution in [1.82, 2.24) is 0 Å². The number of rotatable bonds is 4. The minimum Gasteiger partial charge on any atom is -0.488 e. The van der Waals surface area contributed by atoms with Gasteiger partial charge >= 0.3 is 0 Å². The van der Waals surface area contributed by atoms with E-state index in [1.165, 1.54) is 5.56 Å². The standard InChI is InChI=1S/C19H19ClO/c1-3-16-7-9-17(10-8-16)14-21-19-11-6-15(2)13-18(19)5-4-12-20/h6-11,13H,3,12,14H2,1-2H3. The molecule has 0 spiro atoms. The zero-order valence-corrected chi connectivity index (χ0v) is 13.2. The molecule has 0 saturated carbocycles. The Kier molecular flexibility index (Phi) is 5.72. The molecular weight excluding hydrogens is 280 g/mol. The molecule has 2 heteroatoms. The number of aryl methyl sites for hydroxylation is 2. The van der Waals surface area contributed by atoms with Crippen LogP contribution >= 0.6 is 11.6 Å². The fraction of sp³-hybridized carbons (Fsp3) is 0.263. The van der Waals surface area contributed by atoms with Gasteiger partial charge in [0.1, 0.15) is 12.4 Å². The molecule has 0 aliphatic rings. The van der Waals surface area contributed by atoms with E-state index >= 15 is 0 Å². The van der Waals surface area contributed by atoms with Crippen LogP contribution in [0.4, 0.5) is 0 Å². The maximum atomic E-state index is 5.90. The predicted octanol–water partition coefficient (Wildman–Crippen LogP) is 4.73. The molecule has 2 aromatic carbocycles. The molecule has 21 heavy (non-hydrogen) atoms. The van der Waals surface area contributed by atoms with Gasteiger partial charge in [-0.1, -0.05) is 49.1 Å². The van der Waals surface area contributed by atoms with E-state index < -0.39 is 0 Å². The summed E-state index contributed by atoms with van der Waals surface area (Å²) in [7, 11) is 0. The van der Waals surface area contributed by atoms with Gasteiger partial charge in [-0.25, -0.2) is 0 Å². The summed E-state index contributed by atoms with van der Waals surface area (Å²) in [5.74, 6) is 7.06. The molecule has 0 N–H and O–H groups in total. The Labute approximate surface area is 131 Å². The topological polar surface area (TPSA) is 9.23 Å². The molecule has 2 aromatic rings. The lowest BCUT2D eigenvalue weighted by molar-refractivity contribution is 0.305. The molecule has 108 valence electrons. The van der Waals surface area contributed by atoms with Gasteiger partial charge in [0.15, 0.2) is 0 Å². The molecule has 0 amide bonds. The third-order valence-electron chi connectivity index (χ3n) is 3.25. The van der Waals surface area contributed by atoms with E-state index in [9.17, 15) is 0 Å². The van der Waals surface area contributed by atoms with E-state index in [0.29, 0.717) is 12.5 Å². The number of benzene rings is 2. The highest BCUT2D eigenvalue weighted by atomic mass is 35.5. The third-order valence-corrected chi connectivity index (χ3v) is 3.38. The molecule has 0 saturated heterocycles. The summed E-state index contributed by atoms with van der Waals surface area (Å²) in [4.78, 5) is 0. The Bertz CT molecular complexity index is 648. The van der Waals surface area contributed by atoms with E-state index in [0.717, 1.165) is 28.9 Å². The first-order valence-corrected chi connectivity index (χ1v) is 7.62. The second kappa shape index (κ2) is 7.76. The van der Waals surface area contributed by atoms with Crippen molar-refractivity contribution in [2.24, 2.45) is 0 Å². The predicted molar refractivity (Wildman–Crippen MR) is 88.9 cm³/mol. The Morgan fingerprint density at radius 3 is 2.43 bits per heavy atom. The molecule has 0 unspecified atom stereocenters. The van der Waals surface area contributed by atoms with Crippen molar-refractivity contribution >= 4 is 11.6 Å². The van der Waals surface area contributed by atoms with Crippen LogP contribution in [0.3, 0.4) is 0 Å². The molecule has 0 atom stereocenters. The van der Waals surface area contributed by atoms with Gasteiger partial charge in [-0.15, -0.1) is 11.6 Å². The third kappa shape index (κ3) is 4.55. The zero-order valence-electron chi connectivity index (χ0n) is 12.4. The van der Waals surface area contributed by atoms with Crippen molar-refractivity contribution in [3.05, 3.63) is 64.7 Å². The van der Waals surface area contributed by atoms with Crippen LogP contribution in [0.2, 0.25) is 0 Å². The van der Waals surface area contributed by atoms with Gasteiger partial charge in [-0.2, -0.15) is 0 Å². The van der Waals surface area contributed by atoms with E-state index in [4.69, 9.17) is 16.3 Å². The van der Waals surface area contributed by atoms with Crippen LogP contribution in [0.25, 0.3) is 0 Å². The molecule has 2 rings (SSSR count). The lowest BCUT2D eigenvalue weighted by Crippen LogP contribution is -1.98. The highest BCUT2D eigenvalue weighted by Crippen LogP contribution is 2.20. The average Bonchev–Trinajstić information content (AvgIpc) is 2.52. The highest BCUT2D eigenvalue weighted by Gasteiger charge is 2.03. The average molecular weight is 299 g/mol. The van der Waals surface area contributed by atoms with Crippen LogP contribution < -0.4 is 4.74 Å². The van der Waals surface area contributed by atoms with E-state index in [1.54, 1.807) is 0 Å². The molecule has 1 nitrogen and oxygen atoms in total. The van der Waals surface area contributed by atoms with Crippen LogP contribution in [0.5, 0.6) is 5.75 Å². The number of alkyl halides is 1. The van der Waals surface area contributed by atoms with Crippen molar-refractivity contribution in [3.8, 4) is 17.6 Å². The van der Waals surface area contributed by atoms with Gasteiger partial charge in [0, 0.05) is 0 Å². The molecule has 0 radical (unpaired) electrons. The van der Waals surface area contributed by atoms with E-state index in [2.05, 4.69) is 43.0 Å². The number of hydrogen-bond donors (Lipinski definition) is 0. The lowest BCUT2D eigenvalue weighted by atomic mass is 10.1. The first-order chi connectivity index (χ1) is 10.2. The lowest BCUT2D eigenvalue weighted by Gasteiger charge is -2.09. The minimum atomic E-state index is 0.325. The van der Waals surface area contributed by atoms with Crippen LogP contribution in [-0.4, -0.2) is 5.88 Å². The second-order valence-electron chi connectivity index (χ2n) is 4.89. The molecular formula is C19H19ClO. The molecule has 0 aliphatic carbocycles. The van der Waals surface area contributed by atoms with Gasteiger partial charge in [-0.3, -0.25) is 0 Å². The Hall–Kier alpha value is -1.91. The van der Waals surface area contributed by atoms with Crippen molar-refractivity contribution in [2.45, 2.75) is 26.9 Å². The quantitative estimate of drug-likeness (QED) is 0.586. The van der Waals surface area contributed by atoms with Gasteiger partial charge in [0.05, 0.1) is 11.4 Å². The summed E-state index contributed by atoms with van der Waals surface area (Å²) in [6.07, 6.45) is 1.05. The summed E-state index contributed by atoms with van der Waals surface area (Å²) in [6.45, 7) is 4.74. The van der Waals surface area contributed by atoms with Crippen molar-refractivity contribution in [3.63, 3.8) is 0 Å². The normalized spacial score (nSPS) is 9.86. The molecule has 0 aromatic heterocycles.